The summed E-state index contributed by atoms with van der Waals surface area (Å²) in [7, 11) is 0. The van der Waals surface area contributed by atoms with Crippen LogP contribution in [0.1, 0.15) is 30.4 Å². The Morgan fingerprint density at radius 1 is 1.14 bits per heavy atom. The molecule has 1 saturated heterocycles. The first-order valence-electron chi connectivity index (χ1n) is 10.9. The summed E-state index contributed by atoms with van der Waals surface area (Å²) < 4.78 is 53.1. The molecule has 3 aromatic rings. The lowest BCUT2D eigenvalue weighted by Crippen LogP contribution is -2.48. The number of rotatable bonds is 6. The van der Waals surface area contributed by atoms with Crippen LogP contribution in [0.25, 0.3) is 0 Å². The van der Waals surface area contributed by atoms with Crippen LogP contribution >= 0.6 is 27.5 Å². The van der Waals surface area contributed by atoms with E-state index in [0.717, 1.165) is 18.9 Å². The third kappa shape index (κ3) is 6.41. The van der Waals surface area contributed by atoms with E-state index in [4.69, 9.17) is 11.6 Å². The zero-order chi connectivity index (χ0) is 25.9. The first-order chi connectivity index (χ1) is 17.1. The Labute approximate surface area is 217 Å². The molecule has 1 amide bonds. The van der Waals surface area contributed by atoms with Crippen LogP contribution in [-0.4, -0.2) is 33.4 Å². The van der Waals surface area contributed by atoms with Crippen molar-refractivity contribution in [1.82, 2.24) is 15.0 Å². The van der Waals surface area contributed by atoms with Crippen molar-refractivity contribution in [2.45, 2.75) is 38.0 Å². The zero-order valence-electron chi connectivity index (χ0n) is 18.6. The third-order valence-electron chi connectivity index (χ3n) is 5.54. The highest BCUT2D eigenvalue weighted by molar-refractivity contribution is 9.10. The predicted octanol–water partition coefficient (Wildman–Crippen LogP) is 6.06. The first-order valence-corrected chi connectivity index (χ1v) is 12.1. The van der Waals surface area contributed by atoms with Crippen molar-refractivity contribution in [3.05, 3.63) is 69.2 Å². The van der Waals surface area contributed by atoms with Crippen molar-refractivity contribution in [2.24, 2.45) is 0 Å². The highest BCUT2D eigenvalue weighted by atomic mass is 79.9. The SMILES string of the molecule is O=C(Nc1ccc(Br)c(C(F)(F)F)c1)C1CCCCN1c1nc(Cl)nc(NCc2cccc(F)c2)n1. The number of benzene rings is 2. The summed E-state index contributed by atoms with van der Waals surface area (Å²) in [6, 6.07) is 8.79. The van der Waals surface area contributed by atoms with Crippen molar-refractivity contribution >= 4 is 51.0 Å². The topological polar surface area (TPSA) is 83.0 Å². The van der Waals surface area contributed by atoms with E-state index < -0.39 is 23.7 Å². The number of halogens is 6. The molecule has 1 aromatic heterocycles. The van der Waals surface area contributed by atoms with Gasteiger partial charge in [-0.1, -0.05) is 28.1 Å². The van der Waals surface area contributed by atoms with E-state index in [2.05, 4.69) is 41.5 Å². The third-order valence-corrected chi connectivity index (χ3v) is 6.40. The lowest BCUT2D eigenvalue weighted by atomic mass is 10.0. The fraction of sp³-hybridized carbons (Fsp3) is 0.304. The maximum atomic E-state index is 13.4. The van der Waals surface area contributed by atoms with Gasteiger partial charge in [0.1, 0.15) is 11.9 Å². The molecule has 4 rings (SSSR count). The molecule has 2 heterocycles. The number of piperidine rings is 1. The Balaban J connectivity index is 1.52. The Hall–Kier alpha value is -2.99. The highest BCUT2D eigenvalue weighted by Gasteiger charge is 2.34. The van der Waals surface area contributed by atoms with Gasteiger partial charge in [0.25, 0.3) is 0 Å². The van der Waals surface area contributed by atoms with Gasteiger partial charge in [-0.15, -0.1) is 0 Å². The minimum absolute atomic E-state index is 0.0205. The average molecular weight is 588 g/mol. The lowest BCUT2D eigenvalue weighted by molar-refractivity contribution is -0.138. The summed E-state index contributed by atoms with van der Waals surface area (Å²) in [5.41, 5.74) is -0.206. The van der Waals surface area contributed by atoms with Gasteiger partial charge in [-0.2, -0.15) is 28.1 Å². The van der Waals surface area contributed by atoms with Crippen molar-refractivity contribution in [1.29, 1.82) is 0 Å². The van der Waals surface area contributed by atoms with E-state index in [1.807, 2.05) is 0 Å². The van der Waals surface area contributed by atoms with Crippen LogP contribution in [0, 0.1) is 5.82 Å². The number of hydrogen-bond donors (Lipinski definition) is 2. The Morgan fingerprint density at radius 2 is 1.94 bits per heavy atom. The Kier molecular flexibility index (Phi) is 7.94. The van der Waals surface area contributed by atoms with Gasteiger partial charge in [-0.05, 0) is 66.8 Å². The molecule has 0 saturated carbocycles. The van der Waals surface area contributed by atoms with Crippen LogP contribution in [0.4, 0.5) is 35.1 Å². The molecule has 36 heavy (non-hydrogen) atoms. The number of alkyl halides is 3. The largest absolute Gasteiger partial charge is 0.417 e. The summed E-state index contributed by atoms with van der Waals surface area (Å²) in [5.74, 6) is -0.569. The average Bonchev–Trinajstić information content (AvgIpc) is 2.83. The van der Waals surface area contributed by atoms with Crippen molar-refractivity contribution < 1.29 is 22.4 Å². The molecule has 7 nitrogen and oxygen atoms in total. The number of nitrogens with one attached hydrogen (secondary N) is 2. The molecule has 2 N–H and O–H groups in total. The standard InChI is InChI=1S/C23H20BrClF4N6O/c24-17-8-7-15(11-16(17)23(27,28)29)31-19(36)18-6-1-2-9-35(18)22-33-20(25)32-21(34-22)30-12-13-4-3-5-14(26)10-13/h3-5,7-8,10-11,18H,1-2,6,9,12H2,(H,31,36)(H,30,32,33,34). The number of aromatic nitrogens is 3. The summed E-state index contributed by atoms with van der Waals surface area (Å²) in [5, 5.41) is 5.44. The van der Waals surface area contributed by atoms with Crippen LogP contribution < -0.4 is 15.5 Å². The van der Waals surface area contributed by atoms with Gasteiger partial charge in [0.05, 0.1) is 5.56 Å². The monoisotopic (exact) mass is 586 g/mol. The quantitative estimate of drug-likeness (QED) is 0.342. The molecule has 1 unspecified atom stereocenters. The van der Waals surface area contributed by atoms with E-state index in [-0.39, 0.29) is 39.7 Å². The van der Waals surface area contributed by atoms with E-state index >= 15 is 0 Å². The molecule has 1 aliphatic heterocycles. The molecular weight excluding hydrogens is 568 g/mol. The minimum Gasteiger partial charge on any atom is -0.350 e. The van der Waals surface area contributed by atoms with E-state index in [1.165, 1.54) is 24.3 Å². The molecule has 0 spiro atoms. The van der Waals surface area contributed by atoms with Gasteiger partial charge in [-0.25, -0.2) is 4.39 Å². The molecule has 0 bridgehead atoms. The second kappa shape index (κ2) is 11.0. The van der Waals surface area contributed by atoms with Crippen LogP contribution in [0.2, 0.25) is 5.28 Å². The van der Waals surface area contributed by atoms with Crippen molar-refractivity contribution in [2.75, 3.05) is 22.1 Å². The molecule has 1 atom stereocenters. The first kappa shape index (κ1) is 26.1. The normalized spacial score (nSPS) is 16.1. The number of nitrogens with zero attached hydrogens (tertiary/aromatic N) is 4. The fourth-order valence-electron chi connectivity index (χ4n) is 3.86. The van der Waals surface area contributed by atoms with E-state index in [9.17, 15) is 22.4 Å². The number of anilines is 3. The van der Waals surface area contributed by atoms with Crippen LogP contribution in [-0.2, 0) is 17.5 Å². The van der Waals surface area contributed by atoms with Crippen molar-refractivity contribution in [3.8, 4) is 0 Å². The Bertz CT molecular complexity index is 1260. The second-order valence-electron chi connectivity index (χ2n) is 8.10. The van der Waals surface area contributed by atoms with E-state index in [0.29, 0.717) is 18.5 Å². The molecule has 1 fully saturated rings. The zero-order valence-corrected chi connectivity index (χ0v) is 21.0. The van der Waals surface area contributed by atoms with Crippen molar-refractivity contribution in [3.63, 3.8) is 0 Å². The maximum Gasteiger partial charge on any atom is 0.417 e. The van der Waals surface area contributed by atoms with Gasteiger partial charge in [0.2, 0.25) is 23.1 Å². The number of hydrogen-bond acceptors (Lipinski definition) is 6. The molecule has 190 valence electrons. The van der Waals surface area contributed by atoms with Crippen LogP contribution in [0.3, 0.4) is 0 Å². The predicted molar refractivity (Wildman–Crippen MR) is 131 cm³/mol. The second-order valence-corrected chi connectivity index (χ2v) is 9.29. The van der Waals surface area contributed by atoms with E-state index in [1.54, 1.807) is 17.0 Å². The molecule has 0 aliphatic carbocycles. The molecule has 0 radical (unpaired) electrons. The van der Waals surface area contributed by atoms with Gasteiger partial charge >= 0.3 is 6.18 Å². The van der Waals surface area contributed by atoms with Crippen LogP contribution in [0.5, 0.6) is 0 Å². The van der Waals surface area contributed by atoms with Crippen LogP contribution in [0.15, 0.2) is 46.9 Å². The summed E-state index contributed by atoms with van der Waals surface area (Å²) in [4.78, 5) is 27.3. The summed E-state index contributed by atoms with van der Waals surface area (Å²) >= 11 is 9.00. The summed E-state index contributed by atoms with van der Waals surface area (Å²) in [6.07, 6.45) is -2.63. The molecule has 2 aromatic carbocycles. The fourth-order valence-corrected chi connectivity index (χ4v) is 4.49. The number of carbonyl (C=O) groups excluding carboxylic acids is 1. The van der Waals surface area contributed by atoms with Gasteiger partial charge in [0.15, 0.2) is 0 Å². The molecule has 1 aliphatic rings. The lowest BCUT2D eigenvalue weighted by Gasteiger charge is -2.34. The smallest absolute Gasteiger partial charge is 0.350 e. The van der Waals surface area contributed by atoms with Gasteiger partial charge in [0, 0.05) is 23.2 Å². The Morgan fingerprint density at radius 3 is 2.69 bits per heavy atom. The molecular formula is C23H20BrClF4N6O. The summed E-state index contributed by atoms with van der Waals surface area (Å²) in [6.45, 7) is 0.669. The van der Waals surface area contributed by atoms with Gasteiger partial charge < -0.3 is 15.5 Å². The number of carbonyl (C=O) groups is 1. The van der Waals surface area contributed by atoms with Gasteiger partial charge in [-0.3, -0.25) is 4.79 Å². The molecule has 13 heteroatoms. The highest BCUT2D eigenvalue weighted by Crippen LogP contribution is 2.36. The number of amides is 1. The maximum absolute atomic E-state index is 13.4. The minimum atomic E-state index is -4.58.